The van der Waals surface area contributed by atoms with E-state index in [1.807, 2.05) is 25.1 Å². The molecule has 0 aliphatic carbocycles. The summed E-state index contributed by atoms with van der Waals surface area (Å²) in [5.74, 6) is 1.38. The van der Waals surface area contributed by atoms with Crippen molar-refractivity contribution in [3.8, 4) is 11.5 Å². The predicted octanol–water partition coefficient (Wildman–Crippen LogP) is 3.86. The van der Waals surface area contributed by atoms with Crippen LogP contribution in [0.5, 0.6) is 11.5 Å². The SMILES string of the molecule is COc1ccc(OC)c(C2Cc3c(F)ccc(C)c3N2)c1. The summed E-state index contributed by atoms with van der Waals surface area (Å²) >= 11 is 0. The average Bonchev–Trinajstić information content (AvgIpc) is 2.96. The van der Waals surface area contributed by atoms with Gasteiger partial charge in [-0.2, -0.15) is 0 Å². The van der Waals surface area contributed by atoms with Crippen molar-refractivity contribution < 1.29 is 13.9 Å². The minimum absolute atomic E-state index is 0.0133. The fourth-order valence-electron chi connectivity index (χ4n) is 2.87. The molecule has 0 saturated carbocycles. The molecule has 0 fully saturated rings. The highest BCUT2D eigenvalue weighted by Gasteiger charge is 2.28. The maximum atomic E-state index is 14.0. The lowest BCUT2D eigenvalue weighted by molar-refractivity contribution is 0.396. The van der Waals surface area contributed by atoms with Crippen molar-refractivity contribution in [2.45, 2.75) is 19.4 Å². The summed E-state index contributed by atoms with van der Waals surface area (Å²) < 4.78 is 24.7. The summed E-state index contributed by atoms with van der Waals surface area (Å²) in [6.45, 7) is 1.98. The number of anilines is 1. The van der Waals surface area contributed by atoms with Gasteiger partial charge in [-0.05, 0) is 36.8 Å². The monoisotopic (exact) mass is 287 g/mol. The highest BCUT2D eigenvalue weighted by molar-refractivity contribution is 5.64. The van der Waals surface area contributed by atoms with E-state index in [-0.39, 0.29) is 11.9 Å². The van der Waals surface area contributed by atoms with E-state index in [1.54, 1.807) is 20.3 Å². The van der Waals surface area contributed by atoms with E-state index in [4.69, 9.17) is 9.47 Å². The number of hydrogen-bond donors (Lipinski definition) is 1. The summed E-state index contributed by atoms with van der Waals surface area (Å²) in [5.41, 5.74) is 3.66. The Bertz CT molecular complexity index is 654. The molecule has 3 nitrogen and oxygen atoms in total. The summed E-state index contributed by atoms with van der Waals surface area (Å²) in [5, 5.41) is 3.41. The van der Waals surface area contributed by atoms with Crippen LogP contribution in [0.2, 0.25) is 0 Å². The molecular formula is C17H18FNO2. The highest BCUT2D eigenvalue weighted by atomic mass is 19.1. The van der Waals surface area contributed by atoms with Crippen molar-refractivity contribution >= 4 is 5.69 Å². The van der Waals surface area contributed by atoms with Crippen molar-refractivity contribution in [3.63, 3.8) is 0 Å². The van der Waals surface area contributed by atoms with Gasteiger partial charge in [0.15, 0.2) is 0 Å². The third kappa shape index (κ3) is 2.31. The first-order valence-corrected chi connectivity index (χ1v) is 6.90. The van der Waals surface area contributed by atoms with Crippen molar-refractivity contribution in [1.29, 1.82) is 0 Å². The van der Waals surface area contributed by atoms with Crippen LogP contribution in [0.25, 0.3) is 0 Å². The molecule has 1 unspecified atom stereocenters. The molecule has 1 N–H and O–H groups in total. The van der Waals surface area contributed by atoms with Crippen LogP contribution in [0.15, 0.2) is 30.3 Å². The van der Waals surface area contributed by atoms with Crippen LogP contribution in [-0.2, 0) is 6.42 Å². The number of fused-ring (bicyclic) bond motifs is 1. The Morgan fingerprint density at radius 3 is 2.62 bits per heavy atom. The molecule has 0 radical (unpaired) electrons. The number of halogens is 1. The molecule has 2 aromatic rings. The van der Waals surface area contributed by atoms with Gasteiger partial charge in [-0.25, -0.2) is 4.39 Å². The molecule has 3 rings (SSSR count). The minimum atomic E-state index is -0.160. The number of ether oxygens (including phenoxy) is 2. The molecule has 110 valence electrons. The second-order valence-corrected chi connectivity index (χ2v) is 5.23. The molecule has 0 amide bonds. The smallest absolute Gasteiger partial charge is 0.128 e. The molecule has 1 atom stereocenters. The zero-order valence-corrected chi connectivity index (χ0v) is 12.4. The Labute approximate surface area is 123 Å². The molecule has 0 spiro atoms. The summed E-state index contributed by atoms with van der Waals surface area (Å²) in [7, 11) is 3.27. The van der Waals surface area contributed by atoms with E-state index in [9.17, 15) is 4.39 Å². The number of nitrogens with one attached hydrogen (secondary N) is 1. The van der Waals surface area contributed by atoms with Gasteiger partial charge in [0.05, 0.1) is 20.3 Å². The first-order chi connectivity index (χ1) is 10.1. The number of aryl methyl sites for hydroxylation is 1. The minimum Gasteiger partial charge on any atom is -0.497 e. The lowest BCUT2D eigenvalue weighted by Gasteiger charge is -2.17. The second-order valence-electron chi connectivity index (χ2n) is 5.23. The Balaban J connectivity index is 2.01. The van der Waals surface area contributed by atoms with Gasteiger partial charge in [0, 0.05) is 23.2 Å². The van der Waals surface area contributed by atoms with Crippen molar-refractivity contribution in [2.24, 2.45) is 0 Å². The molecule has 21 heavy (non-hydrogen) atoms. The molecule has 2 aromatic carbocycles. The standard InChI is InChI=1S/C17H18FNO2/c1-10-4-6-14(18)12-9-15(19-17(10)12)13-8-11(20-2)5-7-16(13)21-3/h4-8,15,19H,9H2,1-3H3. The van der Waals surface area contributed by atoms with Crippen LogP contribution in [0, 0.1) is 12.7 Å². The largest absolute Gasteiger partial charge is 0.497 e. The maximum Gasteiger partial charge on any atom is 0.128 e. The molecule has 4 heteroatoms. The number of rotatable bonds is 3. The van der Waals surface area contributed by atoms with E-state index in [0.29, 0.717) is 6.42 Å². The Hall–Kier alpha value is -2.23. The third-order valence-corrected chi connectivity index (χ3v) is 4.00. The zero-order valence-electron chi connectivity index (χ0n) is 12.4. The zero-order chi connectivity index (χ0) is 15.0. The lowest BCUT2D eigenvalue weighted by Crippen LogP contribution is -2.08. The molecule has 1 aliphatic heterocycles. The summed E-state index contributed by atoms with van der Waals surface area (Å²) in [6, 6.07) is 8.99. The molecule has 1 aliphatic rings. The van der Waals surface area contributed by atoms with Crippen LogP contribution in [-0.4, -0.2) is 14.2 Å². The van der Waals surface area contributed by atoms with Gasteiger partial charge < -0.3 is 14.8 Å². The number of methoxy groups -OCH3 is 2. The molecule has 0 aromatic heterocycles. The third-order valence-electron chi connectivity index (χ3n) is 4.00. The van der Waals surface area contributed by atoms with Gasteiger partial charge in [0.25, 0.3) is 0 Å². The van der Waals surface area contributed by atoms with Gasteiger partial charge in [-0.1, -0.05) is 6.07 Å². The molecule has 0 saturated heterocycles. The van der Waals surface area contributed by atoms with E-state index >= 15 is 0 Å². The first kappa shape index (κ1) is 13.7. The average molecular weight is 287 g/mol. The number of benzene rings is 2. The topological polar surface area (TPSA) is 30.5 Å². The summed E-state index contributed by atoms with van der Waals surface area (Å²) in [4.78, 5) is 0. The fourth-order valence-corrected chi connectivity index (χ4v) is 2.87. The molecular weight excluding hydrogens is 269 g/mol. The van der Waals surface area contributed by atoms with E-state index in [0.717, 1.165) is 33.9 Å². The lowest BCUT2D eigenvalue weighted by atomic mass is 10.0. The maximum absolute atomic E-state index is 14.0. The first-order valence-electron chi connectivity index (χ1n) is 6.90. The van der Waals surface area contributed by atoms with E-state index < -0.39 is 0 Å². The van der Waals surface area contributed by atoms with Gasteiger partial charge in [-0.15, -0.1) is 0 Å². The van der Waals surface area contributed by atoms with Crippen LogP contribution >= 0.6 is 0 Å². The van der Waals surface area contributed by atoms with Crippen LogP contribution in [0.1, 0.15) is 22.7 Å². The number of hydrogen-bond acceptors (Lipinski definition) is 3. The molecule has 0 bridgehead atoms. The Morgan fingerprint density at radius 2 is 1.95 bits per heavy atom. The van der Waals surface area contributed by atoms with E-state index in [2.05, 4.69) is 5.32 Å². The van der Waals surface area contributed by atoms with Crippen molar-refractivity contribution in [1.82, 2.24) is 0 Å². The van der Waals surface area contributed by atoms with Gasteiger partial charge in [0.2, 0.25) is 0 Å². The van der Waals surface area contributed by atoms with Crippen LogP contribution in [0.4, 0.5) is 10.1 Å². The van der Waals surface area contributed by atoms with Crippen molar-refractivity contribution in [3.05, 3.63) is 52.8 Å². The van der Waals surface area contributed by atoms with E-state index in [1.165, 1.54) is 6.07 Å². The Morgan fingerprint density at radius 1 is 1.14 bits per heavy atom. The summed E-state index contributed by atoms with van der Waals surface area (Å²) in [6.07, 6.45) is 0.604. The van der Waals surface area contributed by atoms with Gasteiger partial charge in [0.1, 0.15) is 17.3 Å². The second kappa shape index (κ2) is 5.28. The molecule has 1 heterocycles. The predicted molar refractivity (Wildman–Crippen MR) is 80.8 cm³/mol. The Kier molecular flexibility index (Phi) is 3.45. The normalized spacial score (nSPS) is 16.3. The van der Waals surface area contributed by atoms with Crippen molar-refractivity contribution in [2.75, 3.05) is 19.5 Å². The van der Waals surface area contributed by atoms with Crippen LogP contribution < -0.4 is 14.8 Å². The highest BCUT2D eigenvalue weighted by Crippen LogP contribution is 2.41. The fraction of sp³-hybridized carbons (Fsp3) is 0.294. The van der Waals surface area contributed by atoms with Crippen LogP contribution in [0.3, 0.4) is 0 Å². The van der Waals surface area contributed by atoms with Gasteiger partial charge >= 0.3 is 0 Å². The van der Waals surface area contributed by atoms with Gasteiger partial charge in [-0.3, -0.25) is 0 Å². The quantitative estimate of drug-likeness (QED) is 0.930.